The lowest BCUT2D eigenvalue weighted by Gasteiger charge is -2.16. The maximum Gasteiger partial charge on any atom is 0.239 e. The lowest BCUT2D eigenvalue weighted by atomic mass is 10.1. The van der Waals surface area contributed by atoms with Crippen LogP contribution in [0.4, 0.5) is 0 Å². The summed E-state index contributed by atoms with van der Waals surface area (Å²) in [6, 6.07) is 6.65. The van der Waals surface area contributed by atoms with Gasteiger partial charge in [0.2, 0.25) is 16.9 Å². The maximum absolute atomic E-state index is 13.3. The highest BCUT2D eigenvalue weighted by molar-refractivity contribution is 6.32. The molecule has 0 unspecified atom stereocenters. The maximum atomic E-state index is 13.3. The quantitative estimate of drug-likeness (QED) is 0.608. The second-order valence-corrected chi connectivity index (χ2v) is 6.04. The Bertz CT molecular complexity index is 1090. The molecule has 2 aromatic carbocycles. The minimum atomic E-state index is -0.432. The third kappa shape index (κ3) is 2.97. The number of methoxy groups -OCH3 is 5. The van der Waals surface area contributed by atoms with Crippen LogP contribution in [0.1, 0.15) is 0 Å². The van der Waals surface area contributed by atoms with E-state index in [1.165, 1.54) is 35.5 Å². The summed E-state index contributed by atoms with van der Waals surface area (Å²) >= 11 is 6.24. The lowest BCUT2D eigenvalue weighted by Crippen LogP contribution is -2.10. The van der Waals surface area contributed by atoms with Crippen LogP contribution in [-0.2, 0) is 0 Å². The Balaban J connectivity index is 2.53. The van der Waals surface area contributed by atoms with Crippen LogP contribution in [0.25, 0.3) is 22.3 Å². The summed E-state index contributed by atoms with van der Waals surface area (Å²) in [5.41, 5.74) is 0.176. The van der Waals surface area contributed by atoms with Gasteiger partial charge in [-0.3, -0.25) is 4.79 Å². The standard InChI is InChI=1S/C20H19ClO7/c1-23-12-9-13(24-2)18(26-4)19-14(12)15(22)20(27-5)17(28-19)10-7-6-8-11(21)16(10)25-3/h6-9H,1-5H3. The number of halogens is 1. The van der Waals surface area contributed by atoms with Crippen LogP contribution < -0.4 is 29.1 Å². The van der Waals surface area contributed by atoms with Gasteiger partial charge in [-0.1, -0.05) is 17.7 Å². The molecule has 3 rings (SSSR count). The number of hydrogen-bond acceptors (Lipinski definition) is 7. The Kier molecular flexibility index (Phi) is 5.56. The van der Waals surface area contributed by atoms with Crippen molar-refractivity contribution in [3.05, 3.63) is 39.5 Å². The second-order valence-electron chi connectivity index (χ2n) is 5.63. The van der Waals surface area contributed by atoms with Gasteiger partial charge in [0.05, 0.1) is 46.1 Å². The van der Waals surface area contributed by atoms with Crippen molar-refractivity contribution in [2.75, 3.05) is 35.5 Å². The molecule has 0 aliphatic carbocycles. The SMILES string of the molecule is COc1cc(OC)c2c(=O)c(OC)c(-c3cccc(Cl)c3OC)oc2c1OC. The third-order valence-corrected chi connectivity index (χ3v) is 4.57. The van der Waals surface area contributed by atoms with Crippen LogP contribution in [-0.4, -0.2) is 35.5 Å². The van der Waals surface area contributed by atoms with Crippen molar-refractivity contribution in [2.45, 2.75) is 0 Å². The highest BCUT2D eigenvalue weighted by Crippen LogP contribution is 2.45. The first-order valence-corrected chi connectivity index (χ1v) is 8.56. The highest BCUT2D eigenvalue weighted by Gasteiger charge is 2.26. The molecule has 7 nitrogen and oxygen atoms in total. The molecule has 3 aromatic rings. The number of hydrogen-bond donors (Lipinski definition) is 0. The highest BCUT2D eigenvalue weighted by atomic mass is 35.5. The largest absolute Gasteiger partial charge is 0.496 e. The molecule has 148 valence electrons. The Morgan fingerprint density at radius 2 is 1.46 bits per heavy atom. The molecule has 28 heavy (non-hydrogen) atoms. The normalized spacial score (nSPS) is 10.6. The van der Waals surface area contributed by atoms with E-state index in [1.807, 2.05) is 0 Å². The van der Waals surface area contributed by atoms with Crippen LogP contribution >= 0.6 is 11.6 Å². The van der Waals surface area contributed by atoms with Crippen molar-refractivity contribution in [2.24, 2.45) is 0 Å². The predicted molar refractivity (Wildman–Crippen MR) is 106 cm³/mol. The number of fused-ring (bicyclic) bond motifs is 1. The van der Waals surface area contributed by atoms with Crippen LogP contribution in [0.5, 0.6) is 28.7 Å². The van der Waals surface area contributed by atoms with E-state index >= 15 is 0 Å². The molecule has 0 aliphatic rings. The lowest BCUT2D eigenvalue weighted by molar-refractivity contribution is 0.346. The summed E-state index contributed by atoms with van der Waals surface area (Å²) < 4.78 is 33.0. The summed E-state index contributed by atoms with van der Waals surface area (Å²) in [6.45, 7) is 0. The fourth-order valence-corrected chi connectivity index (χ4v) is 3.29. The molecular formula is C20H19ClO7. The van der Waals surface area contributed by atoms with Gasteiger partial charge in [-0.2, -0.15) is 0 Å². The Hall–Kier alpha value is -3.06. The van der Waals surface area contributed by atoms with Gasteiger partial charge in [0.1, 0.15) is 16.9 Å². The van der Waals surface area contributed by atoms with E-state index in [9.17, 15) is 4.79 Å². The summed E-state index contributed by atoms with van der Waals surface area (Å²) in [6.07, 6.45) is 0. The van der Waals surface area contributed by atoms with Gasteiger partial charge in [-0.15, -0.1) is 0 Å². The monoisotopic (exact) mass is 406 g/mol. The summed E-state index contributed by atoms with van der Waals surface area (Å²) in [7, 11) is 7.23. The topological polar surface area (TPSA) is 76.4 Å². The predicted octanol–water partition coefficient (Wildman–Crippen LogP) is 4.16. The molecule has 0 radical (unpaired) electrons. The van der Waals surface area contributed by atoms with Gasteiger partial charge < -0.3 is 28.1 Å². The summed E-state index contributed by atoms with van der Waals surface area (Å²) in [5, 5.41) is 0.529. The number of ether oxygens (including phenoxy) is 5. The Labute approximate surface area is 166 Å². The molecule has 8 heteroatoms. The van der Waals surface area contributed by atoms with E-state index in [0.29, 0.717) is 22.1 Å². The Morgan fingerprint density at radius 1 is 0.821 bits per heavy atom. The van der Waals surface area contributed by atoms with Crippen LogP contribution in [0.2, 0.25) is 5.02 Å². The average molecular weight is 407 g/mol. The molecule has 0 saturated heterocycles. The summed E-state index contributed by atoms with van der Waals surface area (Å²) in [4.78, 5) is 13.3. The zero-order chi connectivity index (χ0) is 20.4. The number of para-hydroxylation sites is 1. The first-order chi connectivity index (χ1) is 13.5. The van der Waals surface area contributed by atoms with E-state index in [4.69, 9.17) is 39.7 Å². The molecule has 0 aliphatic heterocycles. The number of rotatable bonds is 6. The molecule has 0 bridgehead atoms. The van der Waals surface area contributed by atoms with Crippen LogP contribution in [0.15, 0.2) is 33.5 Å². The van der Waals surface area contributed by atoms with Crippen molar-refractivity contribution < 1.29 is 28.1 Å². The minimum absolute atomic E-state index is 0.0152. The smallest absolute Gasteiger partial charge is 0.239 e. The second kappa shape index (κ2) is 7.90. The third-order valence-electron chi connectivity index (χ3n) is 4.27. The Morgan fingerprint density at radius 3 is 2.04 bits per heavy atom. The molecule has 0 fully saturated rings. The zero-order valence-electron chi connectivity index (χ0n) is 16.0. The molecule has 1 aromatic heterocycles. The molecule has 0 spiro atoms. The fraction of sp³-hybridized carbons (Fsp3) is 0.250. The fourth-order valence-electron chi connectivity index (χ4n) is 3.04. The van der Waals surface area contributed by atoms with Gasteiger partial charge in [-0.05, 0) is 12.1 Å². The van der Waals surface area contributed by atoms with Crippen LogP contribution in [0, 0.1) is 0 Å². The van der Waals surface area contributed by atoms with E-state index in [0.717, 1.165) is 0 Å². The van der Waals surface area contributed by atoms with E-state index in [-0.39, 0.29) is 34.0 Å². The first kappa shape index (κ1) is 19.7. The van der Waals surface area contributed by atoms with Gasteiger partial charge in [0.25, 0.3) is 0 Å². The van der Waals surface area contributed by atoms with E-state index in [2.05, 4.69) is 0 Å². The molecule has 0 atom stereocenters. The van der Waals surface area contributed by atoms with Crippen molar-refractivity contribution in [3.8, 4) is 40.1 Å². The first-order valence-electron chi connectivity index (χ1n) is 8.18. The number of benzene rings is 2. The molecule has 0 saturated carbocycles. The molecule has 0 N–H and O–H groups in total. The molecule has 0 amide bonds. The average Bonchev–Trinajstić information content (AvgIpc) is 2.71. The van der Waals surface area contributed by atoms with Crippen LogP contribution in [0.3, 0.4) is 0 Å². The molecular weight excluding hydrogens is 388 g/mol. The minimum Gasteiger partial charge on any atom is -0.496 e. The van der Waals surface area contributed by atoms with Gasteiger partial charge in [-0.25, -0.2) is 0 Å². The van der Waals surface area contributed by atoms with Gasteiger partial charge >= 0.3 is 0 Å². The molecule has 1 heterocycles. The van der Waals surface area contributed by atoms with Gasteiger partial charge in [0, 0.05) is 6.07 Å². The van der Waals surface area contributed by atoms with Gasteiger partial charge in [0.15, 0.2) is 17.1 Å². The van der Waals surface area contributed by atoms with E-state index < -0.39 is 5.43 Å². The zero-order valence-corrected chi connectivity index (χ0v) is 16.8. The van der Waals surface area contributed by atoms with E-state index in [1.54, 1.807) is 24.3 Å². The van der Waals surface area contributed by atoms with Crippen molar-refractivity contribution in [1.82, 2.24) is 0 Å². The van der Waals surface area contributed by atoms with Crippen molar-refractivity contribution in [1.29, 1.82) is 0 Å². The van der Waals surface area contributed by atoms with Crippen molar-refractivity contribution >= 4 is 22.6 Å². The van der Waals surface area contributed by atoms with Crippen molar-refractivity contribution in [3.63, 3.8) is 0 Å². The summed E-state index contributed by atoms with van der Waals surface area (Å²) in [5.74, 6) is 1.35.